The average molecular weight is 294 g/mol. The van der Waals surface area contributed by atoms with Crippen molar-refractivity contribution in [3.8, 4) is 0 Å². The molecule has 2 fully saturated rings. The molecular weight excluding hydrogens is 260 g/mol. The Kier molecular flexibility index (Phi) is 5.70. The SMILES string of the molecule is CC(NC1CCCC(C(C)(C)C)CC1)C(=O)N1CCCC1. The van der Waals surface area contributed by atoms with Gasteiger partial charge in [0.15, 0.2) is 0 Å². The highest BCUT2D eigenvalue weighted by molar-refractivity contribution is 5.81. The van der Waals surface area contributed by atoms with Gasteiger partial charge in [0.1, 0.15) is 0 Å². The lowest BCUT2D eigenvalue weighted by Crippen LogP contribution is -2.47. The van der Waals surface area contributed by atoms with Crippen molar-refractivity contribution in [1.29, 1.82) is 0 Å². The molecule has 1 aliphatic carbocycles. The van der Waals surface area contributed by atoms with E-state index in [0.717, 1.165) is 19.0 Å². The van der Waals surface area contributed by atoms with Crippen LogP contribution in [0.3, 0.4) is 0 Å². The molecule has 2 aliphatic rings. The molecule has 1 N–H and O–H groups in total. The molecule has 1 saturated carbocycles. The minimum atomic E-state index is -0.0145. The Balaban J connectivity index is 1.81. The summed E-state index contributed by atoms with van der Waals surface area (Å²) in [6.45, 7) is 11.1. The van der Waals surface area contributed by atoms with Gasteiger partial charge in [0, 0.05) is 19.1 Å². The highest BCUT2D eigenvalue weighted by Crippen LogP contribution is 2.36. The van der Waals surface area contributed by atoms with Crippen LogP contribution in [0.15, 0.2) is 0 Å². The summed E-state index contributed by atoms with van der Waals surface area (Å²) < 4.78 is 0. The second kappa shape index (κ2) is 7.13. The molecule has 0 aromatic carbocycles. The fraction of sp³-hybridized carbons (Fsp3) is 0.944. The lowest BCUT2D eigenvalue weighted by Gasteiger charge is -2.30. The number of carbonyl (C=O) groups excluding carboxylic acids is 1. The van der Waals surface area contributed by atoms with Crippen molar-refractivity contribution in [3.63, 3.8) is 0 Å². The number of likely N-dealkylation sites (tertiary alicyclic amines) is 1. The van der Waals surface area contributed by atoms with E-state index in [2.05, 4.69) is 26.1 Å². The molecular formula is C18H34N2O. The van der Waals surface area contributed by atoms with E-state index in [1.165, 1.54) is 44.9 Å². The third kappa shape index (κ3) is 4.70. The van der Waals surface area contributed by atoms with Crippen molar-refractivity contribution >= 4 is 5.91 Å². The summed E-state index contributed by atoms with van der Waals surface area (Å²) in [4.78, 5) is 14.4. The Morgan fingerprint density at radius 3 is 2.33 bits per heavy atom. The topological polar surface area (TPSA) is 32.3 Å². The molecule has 1 heterocycles. The molecule has 3 nitrogen and oxygen atoms in total. The van der Waals surface area contributed by atoms with Gasteiger partial charge in [-0.15, -0.1) is 0 Å². The van der Waals surface area contributed by atoms with Crippen molar-refractivity contribution in [2.75, 3.05) is 13.1 Å². The van der Waals surface area contributed by atoms with Crippen LogP contribution >= 0.6 is 0 Å². The van der Waals surface area contributed by atoms with Gasteiger partial charge in [-0.25, -0.2) is 0 Å². The van der Waals surface area contributed by atoms with Gasteiger partial charge >= 0.3 is 0 Å². The van der Waals surface area contributed by atoms with Gasteiger partial charge in [0.05, 0.1) is 6.04 Å². The Hall–Kier alpha value is -0.570. The second-order valence-corrected chi connectivity index (χ2v) is 8.19. The standard InChI is InChI=1S/C18H34N2O/c1-14(17(21)20-12-5-6-13-20)19-16-9-7-8-15(10-11-16)18(2,3)4/h14-16,19H,5-13H2,1-4H3. The Bertz CT molecular complexity index is 342. The predicted molar refractivity (Wildman–Crippen MR) is 88.2 cm³/mol. The summed E-state index contributed by atoms with van der Waals surface area (Å²) in [6, 6.07) is 0.512. The maximum absolute atomic E-state index is 12.4. The first kappa shape index (κ1) is 16.8. The van der Waals surface area contributed by atoms with Crippen LogP contribution in [0.2, 0.25) is 0 Å². The van der Waals surface area contributed by atoms with E-state index in [4.69, 9.17) is 0 Å². The highest BCUT2D eigenvalue weighted by atomic mass is 16.2. The van der Waals surface area contributed by atoms with E-state index in [1.54, 1.807) is 0 Å². The molecule has 0 spiro atoms. The quantitative estimate of drug-likeness (QED) is 0.807. The largest absolute Gasteiger partial charge is 0.341 e. The molecule has 1 amide bonds. The van der Waals surface area contributed by atoms with Crippen LogP contribution in [0.4, 0.5) is 0 Å². The zero-order valence-electron chi connectivity index (χ0n) is 14.5. The number of nitrogens with zero attached hydrogens (tertiary/aromatic N) is 1. The minimum Gasteiger partial charge on any atom is -0.341 e. The van der Waals surface area contributed by atoms with Crippen LogP contribution in [0, 0.1) is 11.3 Å². The molecule has 3 unspecified atom stereocenters. The molecule has 2 rings (SSSR count). The van der Waals surface area contributed by atoms with Crippen molar-refractivity contribution < 1.29 is 4.79 Å². The molecule has 1 aliphatic heterocycles. The molecule has 21 heavy (non-hydrogen) atoms. The molecule has 3 heteroatoms. The second-order valence-electron chi connectivity index (χ2n) is 8.19. The van der Waals surface area contributed by atoms with Gasteiger partial charge < -0.3 is 10.2 Å². The number of nitrogens with one attached hydrogen (secondary N) is 1. The van der Waals surface area contributed by atoms with Crippen LogP contribution in [-0.4, -0.2) is 36.0 Å². The summed E-state index contributed by atoms with van der Waals surface area (Å²) in [5, 5.41) is 3.62. The lowest BCUT2D eigenvalue weighted by atomic mass is 9.76. The number of hydrogen-bond acceptors (Lipinski definition) is 2. The average Bonchev–Trinajstić information content (AvgIpc) is 2.83. The van der Waals surface area contributed by atoms with Crippen LogP contribution in [0.1, 0.15) is 72.6 Å². The number of carbonyl (C=O) groups is 1. The van der Waals surface area contributed by atoms with Crippen molar-refractivity contribution in [3.05, 3.63) is 0 Å². The molecule has 0 aromatic heterocycles. The molecule has 0 radical (unpaired) electrons. The highest BCUT2D eigenvalue weighted by Gasteiger charge is 2.30. The number of hydrogen-bond donors (Lipinski definition) is 1. The van der Waals surface area contributed by atoms with Gasteiger partial charge in [-0.05, 0) is 56.8 Å². The number of rotatable bonds is 3. The van der Waals surface area contributed by atoms with E-state index in [9.17, 15) is 4.79 Å². The summed E-state index contributed by atoms with van der Waals surface area (Å²) in [7, 11) is 0. The zero-order chi connectivity index (χ0) is 15.5. The van der Waals surface area contributed by atoms with Crippen LogP contribution in [-0.2, 0) is 4.79 Å². The fourth-order valence-electron chi connectivity index (χ4n) is 3.97. The molecule has 1 saturated heterocycles. The van der Waals surface area contributed by atoms with Crippen LogP contribution < -0.4 is 5.32 Å². The van der Waals surface area contributed by atoms with Gasteiger partial charge in [0.2, 0.25) is 5.91 Å². The zero-order valence-corrected chi connectivity index (χ0v) is 14.5. The Morgan fingerprint density at radius 1 is 1.05 bits per heavy atom. The van der Waals surface area contributed by atoms with Crippen molar-refractivity contribution in [1.82, 2.24) is 10.2 Å². The van der Waals surface area contributed by atoms with E-state index >= 15 is 0 Å². The van der Waals surface area contributed by atoms with E-state index < -0.39 is 0 Å². The van der Waals surface area contributed by atoms with Crippen molar-refractivity contribution in [2.24, 2.45) is 11.3 Å². The first-order chi connectivity index (χ1) is 9.88. The molecule has 3 atom stereocenters. The van der Waals surface area contributed by atoms with E-state index in [1.807, 2.05) is 11.8 Å². The van der Waals surface area contributed by atoms with Crippen LogP contribution in [0.5, 0.6) is 0 Å². The minimum absolute atomic E-state index is 0.0145. The monoisotopic (exact) mass is 294 g/mol. The van der Waals surface area contributed by atoms with Gasteiger partial charge in [-0.1, -0.05) is 27.2 Å². The third-order valence-electron chi connectivity index (χ3n) is 5.47. The summed E-state index contributed by atoms with van der Waals surface area (Å²) >= 11 is 0. The van der Waals surface area contributed by atoms with Gasteiger partial charge in [-0.2, -0.15) is 0 Å². The normalized spacial score (nSPS) is 29.2. The lowest BCUT2D eigenvalue weighted by molar-refractivity contribution is -0.132. The smallest absolute Gasteiger partial charge is 0.239 e. The van der Waals surface area contributed by atoms with E-state index in [0.29, 0.717) is 17.4 Å². The maximum Gasteiger partial charge on any atom is 0.239 e. The van der Waals surface area contributed by atoms with E-state index in [-0.39, 0.29) is 6.04 Å². The first-order valence-electron chi connectivity index (χ1n) is 8.93. The Morgan fingerprint density at radius 2 is 1.71 bits per heavy atom. The Labute approximate surface area is 130 Å². The van der Waals surface area contributed by atoms with Crippen molar-refractivity contribution in [2.45, 2.75) is 84.7 Å². The summed E-state index contributed by atoms with van der Waals surface area (Å²) in [5.41, 5.74) is 0.422. The predicted octanol–water partition coefficient (Wildman–Crippen LogP) is 3.58. The summed E-state index contributed by atoms with van der Waals surface area (Å²) in [6.07, 6.45) is 8.74. The first-order valence-corrected chi connectivity index (χ1v) is 8.93. The summed E-state index contributed by atoms with van der Waals surface area (Å²) in [5.74, 6) is 1.14. The maximum atomic E-state index is 12.4. The molecule has 122 valence electrons. The van der Waals surface area contributed by atoms with Gasteiger partial charge in [0.25, 0.3) is 0 Å². The third-order valence-corrected chi connectivity index (χ3v) is 5.47. The van der Waals surface area contributed by atoms with Crippen LogP contribution in [0.25, 0.3) is 0 Å². The fourth-order valence-corrected chi connectivity index (χ4v) is 3.97. The molecule has 0 bridgehead atoms. The molecule has 0 aromatic rings. The number of amides is 1. The van der Waals surface area contributed by atoms with Gasteiger partial charge in [-0.3, -0.25) is 4.79 Å².